The van der Waals surface area contributed by atoms with E-state index in [-0.39, 0.29) is 0 Å². The highest BCUT2D eigenvalue weighted by Gasteiger charge is 2.44. The lowest BCUT2D eigenvalue weighted by Crippen LogP contribution is -2.52. The van der Waals surface area contributed by atoms with Crippen LogP contribution in [-0.4, -0.2) is 24.7 Å². The zero-order valence-corrected chi connectivity index (χ0v) is 14.8. The van der Waals surface area contributed by atoms with Crippen molar-refractivity contribution in [3.8, 4) is 11.5 Å². The van der Waals surface area contributed by atoms with Gasteiger partial charge in [0.05, 0.1) is 22.8 Å². The van der Waals surface area contributed by atoms with Gasteiger partial charge in [-0.1, -0.05) is 35.9 Å². The third kappa shape index (κ3) is 3.20. The first-order chi connectivity index (χ1) is 12.9. The van der Waals surface area contributed by atoms with E-state index in [1.165, 1.54) is 0 Å². The van der Waals surface area contributed by atoms with Gasteiger partial charge in [0.25, 0.3) is 0 Å². The first-order valence-electron chi connectivity index (χ1n) is 8.56. The molecule has 1 N–H and O–H groups in total. The molecule has 0 aliphatic carbocycles. The third-order valence-electron chi connectivity index (χ3n) is 4.90. The Balaban J connectivity index is 1.83. The molecule has 0 bridgehead atoms. The number of rotatable bonds is 1. The molecule has 1 fully saturated rings. The van der Waals surface area contributed by atoms with E-state index in [1.54, 1.807) is 36.4 Å². The monoisotopic (exact) mass is 396 g/mol. The Kier molecular flexibility index (Phi) is 4.42. The van der Waals surface area contributed by atoms with Gasteiger partial charge in [-0.3, -0.25) is 4.79 Å². The van der Waals surface area contributed by atoms with Gasteiger partial charge >= 0.3 is 12.1 Å². The van der Waals surface area contributed by atoms with Crippen LogP contribution in [0.3, 0.4) is 0 Å². The molecule has 27 heavy (non-hydrogen) atoms. The minimum absolute atomic E-state index is 0.428. The van der Waals surface area contributed by atoms with Crippen LogP contribution in [0.15, 0.2) is 42.5 Å². The molecule has 2 aromatic carbocycles. The number of piperidine rings is 1. The quantitative estimate of drug-likeness (QED) is 0.750. The van der Waals surface area contributed by atoms with E-state index in [0.29, 0.717) is 41.6 Å². The van der Waals surface area contributed by atoms with Crippen LogP contribution in [-0.2, 0) is 4.79 Å². The SMILES string of the molecule is O=C(N[C@@H]1CCCN2c3c(Cl)cccc3Oc3ccccc3[C@@H]12)C(F)(F)F. The molecule has 0 saturated carbocycles. The van der Waals surface area contributed by atoms with Crippen molar-refractivity contribution in [3.63, 3.8) is 0 Å². The first-order valence-corrected chi connectivity index (χ1v) is 8.93. The van der Waals surface area contributed by atoms with Gasteiger partial charge in [-0.05, 0) is 31.0 Å². The maximum atomic E-state index is 12.8. The van der Waals surface area contributed by atoms with Gasteiger partial charge < -0.3 is 15.0 Å². The van der Waals surface area contributed by atoms with Crippen molar-refractivity contribution < 1.29 is 22.7 Å². The zero-order chi connectivity index (χ0) is 19.2. The second-order valence-corrected chi connectivity index (χ2v) is 6.99. The molecular weight excluding hydrogens is 381 g/mol. The summed E-state index contributed by atoms with van der Waals surface area (Å²) in [6.45, 7) is 0.595. The molecule has 0 unspecified atom stereocenters. The van der Waals surface area contributed by atoms with Crippen molar-refractivity contribution in [2.24, 2.45) is 0 Å². The van der Waals surface area contributed by atoms with Crippen LogP contribution in [0.5, 0.6) is 11.5 Å². The number of carbonyl (C=O) groups is 1. The number of anilines is 1. The number of carbonyl (C=O) groups excluding carboxylic acids is 1. The Labute approximate surface area is 158 Å². The lowest BCUT2D eigenvalue weighted by atomic mass is 9.89. The van der Waals surface area contributed by atoms with E-state index in [4.69, 9.17) is 16.3 Å². The summed E-state index contributed by atoms with van der Waals surface area (Å²) in [4.78, 5) is 13.5. The van der Waals surface area contributed by atoms with Crippen molar-refractivity contribution in [2.75, 3.05) is 11.4 Å². The molecule has 2 aromatic rings. The summed E-state index contributed by atoms with van der Waals surface area (Å²) in [5, 5.41) is 2.62. The largest absolute Gasteiger partial charge is 0.471 e. The topological polar surface area (TPSA) is 41.6 Å². The third-order valence-corrected chi connectivity index (χ3v) is 5.20. The average molecular weight is 397 g/mol. The number of benzene rings is 2. The number of halogens is 4. The summed E-state index contributed by atoms with van der Waals surface area (Å²) < 4.78 is 44.5. The molecule has 4 rings (SSSR count). The lowest BCUT2D eigenvalue weighted by molar-refractivity contribution is -0.174. The van der Waals surface area contributed by atoms with Crippen LogP contribution in [0.25, 0.3) is 0 Å². The van der Waals surface area contributed by atoms with Crippen molar-refractivity contribution in [1.29, 1.82) is 0 Å². The minimum Gasteiger partial charge on any atom is -0.455 e. The van der Waals surface area contributed by atoms with E-state index < -0.39 is 24.2 Å². The molecular formula is C19H16ClF3N2O2. The fourth-order valence-corrected chi connectivity index (χ4v) is 4.10. The van der Waals surface area contributed by atoms with Gasteiger partial charge in [-0.15, -0.1) is 0 Å². The average Bonchev–Trinajstić information content (AvgIpc) is 2.76. The van der Waals surface area contributed by atoms with Crippen LogP contribution < -0.4 is 15.0 Å². The Morgan fingerprint density at radius 3 is 2.67 bits per heavy atom. The van der Waals surface area contributed by atoms with Gasteiger partial charge in [0.15, 0.2) is 5.75 Å². The maximum Gasteiger partial charge on any atom is 0.471 e. The Morgan fingerprint density at radius 1 is 1.15 bits per heavy atom. The van der Waals surface area contributed by atoms with Crippen LogP contribution in [0.1, 0.15) is 24.4 Å². The normalized spacial score (nSPS) is 21.3. The van der Waals surface area contributed by atoms with E-state index in [2.05, 4.69) is 5.32 Å². The fraction of sp³-hybridized carbons (Fsp3) is 0.316. The Hall–Kier alpha value is -2.41. The Bertz CT molecular complexity index is 887. The van der Waals surface area contributed by atoms with Crippen LogP contribution >= 0.6 is 11.6 Å². The van der Waals surface area contributed by atoms with E-state index >= 15 is 0 Å². The van der Waals surface area contributed by atoms with E-state index in [1.807, 2.05) is 11.0 Å². The molecule has 2 aliphatic rings. The van der Waals surface area contributed by atoms with Crippen molar-refractivity contribution >= 4 is 23.2 Å². The summed E-state index contributed by atoms with van der Waals surface area (Å²) in [5.74, 6) is -0.849. The number of amides is 1. The number of nitrogens with zero attached hydrogens (tertiary/aromatic N) is 1. The summed E-state index contributed by atoms with van der Waals surface area (Å²) in [5.41, 5.74) is 1.35. The minimum atomic E-state index is -4.93. The molecule has 2 aliphatic heterocycles. The second kappa shape index (κ2) is 6.64. The lowest BCUT2D eigenvalue weighted by Gasteiger charge is -2.42. The fourth-order valence-electron chi connectivity index (χ4n) is 3.83. The molecule has 0 spiro atoms. The van der Waals surface area contributed by atoms with Crippen LogP contribution in [0.4, 0.5) is 18.9 Å². The second-order valence-electron chi connectivity index (χ2n) is 6.58. The van der Waals surface area contributed by atoms with Gasteiger partial charge in [-0.2, -0.15) is 13.2 Å². The van der Waals surface area contributed by atoms with Crippen molar-refractivity contribution in [1.82, 2.24) is 5.32 Å². The molecule has 142 valence electrons. The maximum absolute atomic E-state index is 12.8. The molecule has 1 saturated heterocycles. The molecule has 0 aromatic heterocycles. The highest BCUT2D eigenvalue weighted by Crippen LogP contribution is 2.50. The predicted molar refractivity (Wildman–Crippen MR) is 95.3 cm³/mol. The highest BCUT2D eigenvalue weighted by atomic mass is 35.5. The van der Waals surface area contributed by atoms with Crippen molar-refractivity contribution in [3.05, 3.63) is 53.1 Å². The molecule has 1 amide bonds. The number of alkyl halides is 3. The molecule has 0 radical (unpaired) electrons. The number of hydrogen-bond donors (Lipinski definition) is 1. The van der Waals surface area contributed by atoms with E-state index in [0.717, 1.165) is 5.56 Å². The van der Waals surface area contributed by atoms with Gasteiger partial charge in [-0.25, -0.2) is 0 Å². The number of ether oxygens (including phenoxy) is 1. The van der Waals surface area contributed by atoms with Crippen LogP contribution in [0.2, 0.25) is 5.02 Å². The number of fused-ring (bicyclic) bond motifs is 5. The summed E-state index contributed by atoms with van der Waals surface area (Å²) >= 11 is 6.41. The predicted octanol–water partition coefficient (Wildman–Crippen LogP) is 4.83. The molecule has 4 nitrogen and oxygen atoms in total. The van der Waals surface area contributed by atoms with Gasteiger partial charge in [0.1, 0.15) is 5.75 Å². The van der Waals surface area contributed by atoms with Crippen molar-refractivity contribution in [2.45, 2.75) is 31.1 Å². The summed E-state index contributed by atoms with van der Waals surface area (Å²) in [6.07, 6.45) is -3.89. The highest BCUT2D eigenvalue weighted by molar-refractivity contribution is 6.33. The summed E-state index contributed by atoms with van der Waals surface area (Å²) in [7, 11) is 0. The number of para-hydroxylation sites is 2. The zero-order valence-electron chi connectivity index (χ0n) is 14.1. The van der Waals surface area contributed by atoms with Gasteiger partial charge in [0, 0.05) is 12.1 Å². The first kappa shape index (κ1) is 18.0. The molecule has 2 heterocycles. The number of nitrogens with one attached hydrogen (secondary N) is 1. The van der Waals surface area contributed by atoms with Gasteiger partial charge in [0.2, 0.25) is 0 Å². The number of hydrogen-bond acceptors (Lipinski definition) is 3. The standard InChI is InChI=1S/C19H16ClF3N2O2/c20-12-6-3-9-15-17(12)25-10-4-7-13(24-18(26)19(21,22)23)16(25)11-5-1-2-8-14(11)27-15/h1-3,5-6,8-9,13,16H,4,7,10H2,(H,24,26)/t13-,16+/m1/s1. The Morgan fingerprint density at radius 2 is 1.89 bits per heavy atom. The van der Waals surface area contributed by atoms with Crippen LogP contribution in [0, 0.1) is 0 Å². The van der Waals surface area contributed by atoms with E-state index in [9.17, 15) is 18.0 Å². The molecule has 8 heteroatoms. The smallest absolute Gasteiger partial charge is 0.455 e. The molecule has 2 atom stereocenters. The summed E-state index contributed by atoms with van der Waals surface area (Å²) in [6, 6.07) is 11.2.